The molecule has 1 aliphatic rings. The van der Waals surface area contributed by atoms with Crippen LogP contribution in [0.4, 0.5) is 5.82 Å². The van der Waals surface area contributed by atoms with Gasteiger partial charge in [0.15, 0.2) is 0 Å². The molecule has 0 fully saturated rings. The first-order valence-electron chi connectivity index (χ1n) is 12.3. The van der Waals surface area contributed by atoms with Crippen molar-refractivity contribution in [3.05, 3.63) is 88.1 Å². The molecule has 0 aliphatic carbocycles. The molecule has 1 aliphatic heterocycles. The molecule has 12 nitrogen and oxygen atoms in total. The molecule has 4 N–H and O–H groups in total. The lowest BCUT2D eigenvalue weighted by atomic mass is 10.0. The first-order chi connectivity index (χ1) is 19.0. The number of imidazole rings is 1. The van der Waals surface area contributed by atoms with Gasteiger partial charge in [-0.3, -0.25) is 9.59 Å². The lowest BCUT2D eigenvalue weighted by Gasteiger charge is -2.15. The highest BCUT2D eigenvalue weighted by molar-refractivity contribution is 6.31. The van der Waals surface area contributed by atoms with Crippen LogP contribution in [-0.4, -0.2) is 52.2 Å². The van der Waals surface area contributed by atoms with Crippen molar-refractivity contribution in [2.45, 2.75) is 25.3 Å². The quantitative estimate of drug-likeness (QED) is 0.269. The highest BCUT2D eigenvalue weighted by Gasteiger charge is 2.28. The first kappa shape index (κ1) is 24.5. The number of carbonyl (C=O) groups excluding carboxylic acids is 1. The molecule has 1 atom stereocenters. The number of anilines is 1. The number of aryl methyl sites for hydroxylation is 1. The standard InChI is InChI=1S/C26H23ClN10O2/c27-17-2-4-21(36-14-32-34-35-36)19(11-17)16-9-18-3-5-22(37(18)25(39)10-16)26-31-13-20(33-26)15-1-6-24(30-12-15)29-8-7-23(28)38/h1-2,4,6,9-14,22H,3,5,7-8H2,(H2,28,38)(H,29,30)(H,31,33)/t22-/m0/s1. The largest absolute Gasteiger partial charge is 0.370 e. The lowest BCUT2D eigenvalue weighted by molar-refractivity contribution is -0.117. The van der Waals surface area contributed by atoms with Crippen molar-refractivity contribution < 1.29 is 4.79 Å². The molecule has 0 saturated carbocycles. The third kappa shape index (κ3) is 4.89. The number of aromatic amines is 1. The summed E-state index contributed by atoms with van der Waals surface area (Å²) in [5, 5.41) is 15.0. The number of aromatic nitrogens is 8. The van der Waals surface area contributed by atoms with Gasteiger partial charge in [0.25, 0.3) is 5.56 Å². The minimum Gasteiger partial charge on any atom is -0.370 e. The molecule has 196 valence electrons. The fraction of sp³-hybridized carbons (Fsp3) is 0.192. The number of nitrogens with two attached hydrogens (primary N) is 1. The third-order valence-corrected chi connectivity index (χ3v) is 6.90. The Morgan fingerprint density at radius 3 is 2.79 bits per heavy atom. The summed E-state index contributed by atoms with van der Waals surface area (Å²) in [6.07, 6.45) is 6.66. The molecule has 0 spiro atoms. The van der Waals surface area contributed by atoms with Crippen molar-refractivity contribution >= 4 is 23.3 Å². The third-order valence-electron chi connectivity index (χ3n) is 6.66. The maximum atomic E-state index is 13.4. The zero-order valence-electron chi connectivity index (χ0n) is 20.6. The van der Waals surface area contributed by atoms with E-state index in [4.69, 9.17) is 17.3 Å². The van der Waals surface area contributed by atoms with Gasteiger partial charge in [-0.1, -0.05) is 11.6 Å². The Balaban J connectivity index is 1.26. The van der Waals surface area contributed by atoms with E-state index in [1.165, 1.54) is 6.33 Å². The summed E-state index contributed by atoms with van der Waals surface area (Å²) in [7, 11) is 0. The van der Waals surface area contributed by atoms with Crippen molar-refractivity contribution in [3.8, 4) is 28.1 Å². The number of carbonyl (C=O) groups is 1. The number of tetrazole rings is 1. The van der Waals surface area contributed by atoms with Crippen LogP contribution in [0.1, 0.15) is 30.4 Å². The van der Waals surface area contributed by atoms with E-state index >= 15 is 0 Å². The predicted molar refractivity (Wildman–Crippen MR) is 144 cm³/mol. The normalized spacial score (nSPS) is 14.3. The zero-order chi connectivity index (χ0) is 26.9. The Bertz CT molecular complexity index is 1710. The molecule has 1 amide bonds. The first-order valence-corrected chi connectivity index (χ1v) is 12.7. The van der Waals surface area contributed by atoms with Gasteiger partial charge in [-0.2, -0.15) is 4.68 Å². The molecular weight excluding hydrogens is 520 g/mol. The number of primary amides is 1. The molecule has 39 heavy (non-hydrogen) atoms. The predicted octanol–water partition coefficient (Wildman–Crippen LogP) is 2.75. The zero-order valence-corrected chi connectivity index (χ0v) is 21.3. The lowest BCUT2D eigenvalue weighted by Crippen LogP contribution is -2.23. The van der Waals surface area contributed by atoms with Crippen molar-refractivity contribution in [1.82, 2.24) is 39.7 Å². The topological polar surface area (TPSA) is 162 Å². The smallest absolute Gasteiger partial charge is 0.252 e. The van der Waals surface area contributed by atoms with Gasteiger partial charge in [0.05, 0.1) is 23.6 Å². The fourth-order valence-corrected chi connectivity index (χ4v) is 5.02. The Labute approximate surface area is 226 Å². The number of benzene rings is 1. The number of halogens is 1. The summed E-state index contributed by atoms with van der Waals surface area (Å²) in [6.45, 7) is 0.420. The minimum absolute atomic E-state index is 0.126. The number of hydrogen-bond donors (Lipinski definition) is 3. The SMILES string of the molecule is NC(=O)CCNc1ccc(-c2cnc([C@@H]3CCc4cc(-c5cc(Cl)ccc5-n5cnnn5)cc(=O)n43)[nH]2)cn1. The van der Waals surface area contributed by atoms with Gasteiger partial charge >= 0.3 is 0 Å². The second kappa shape index (κ2) is 10.1. The number of amides is 1. The number of rotatable bonds is 8. The highest BCUT2D eigenvalue weighted by atomic mass is 35.5. The van der Waals surface area contributed by atoms with Crippen LogP contribution < -0.4 is 16.6 Å². The Morgan fingerprint density at radius 2 is 2.03 bits per heavy atom. The van der Waals surface area contributed by atoms with Gasteiger partial charge in [-0.15, -0.1) is 5.10 Å². The van der Waals surface area contributed by atoms with Gasteiger partial charge in [0, 0.05) is 47.1 Å². The fourth-order valence-electron chi connectivity index (χ4n) is 4.84. The molecule has 0 unspecified atom stereocenters. The molecule has 13 heteroatoms. The maximum absolute atomic E-state index is 13.4. The summed E-state index contributed by atoms with van der Waals surface area (Å²) in [5.41, 5.74) is 9.84. The Hall–Kier alpha value is -4.84. The van der Waals surface area contributed by atoms with Crippen molar-refractivity contribution in [2.24, 2.45) is 5.73 Å². The summed E-state index contributed by atoms with van der Waals surface area (Å²) in [5.74, 6) is 0.987. The second-order valence-electron chi connectivity index (χ2n) is 9.17. The van der Waals surface area contributed by atoms with E-state index in [1.54, 1.807) is 33.8 Å². The molecule has 0 radical (unpaired) electrons. The number of H-pyrrole nitrogens is 1. The van der Waals surface area contributed by atoms with Gasteiger partial charge in [-0.25, -0.2) is 9.97 Å². The molecule has 6 rings (SSSR count). The average molecular weight is 543 g/mol. The van der Waals surface area contributed by atoms with Crippen LogP contribution in [0.5, 0.6) is 0 Å². The summed E-state index contributed by atoms with van der Waals surface area (Å²) >= 11 is 6.30. The number of fused-ring (bicyclic) bond motifs is 1. The number of pyridine rings is 2. The average Bonchev–Trinajstić information content (AvgIpc) is 3.70. The van der Waals surface area contributed by atoms with Crippen molar-refractivity contribution in [1.29, 1.82) is 0 Å². The van der Waals surface area contributed by atoms with Crippen LogP contribution in [0.15, 0.2) is 66.0 Å². The Morgan fingerprint density at radius 1 is 1.13 bits per heavy atom. The van der Waals surface area contributed by atoms with E-state index in [1.807, 2.05) is 30.3 Å². The van der Waals surface area contributed by atoms with Crippen molar-refractivity contribution in [2.75, 3.05) is 11.9 Å². The van der Waals surface area contributed by atoms with E-state index in [2.05, 4.69) is 35.8 Å². The van der Waals surface area contributed by atoms with E-state index in [0.717, 1.165) is 46.6 Å². The summed E-state index contributed by atoms with van der Waals surface area (Å²) < 4.78 is 3.33. The number of hydrogen-bond acceptors (Lipinski definition) is 8. The van der Waals surface area contributed by atoms with Crippen LogP contribution in [0.3, 0.4) is 0 Å². The van der Waals surface area contributed by atoms with Crippen LogP contribution in [0, 0.1) is 0 Å². The van der Waals surface area contributed by atoms with E-state index < -0.39 is 0 Å². The van der Waals surface area contributed by atoms with Crippen LogP contribution in [0.25, 0.3) is 28.1 Å². The molecule has 0 bridgehead atoms. The Kier molecular flexibility index (Phi) is 6.37. The second-order valence-corrected chi connectivity index (χ2v) is 9.61. The van der Waals surface area contributed by atoms with Crippen LogP contribution in [-0.2, 0) is 11.2 Å². The number of nitrogens with zero attached hydrogens (tertiary/aromatic N) is 7. The molecule has 4 aromatic heterocycles. The maximum Gasteiger partial charge on any atom is 0.252 e. The van der Waals surface area contributed by atoms with Gasteiger partial charge in [0.1, 0.15) is 18.0 Å². The van der Waals surface area contributed by atoms with Crippen molar-refractivity contribution in [3.63, 3.8) is 0 Å². The van der Waals surface area contributed by atoms with E-state index in [0.29, 0.717) is 23.2 Å². The summed E-state index contributed by atoms with van der Waals surface area (Å²) in [6, 6.07) is 12.5. The highest BCUT2D eigenvalue weighted by Crippen LogP contribution is 2.34. The molecule has 5 heterocycles. The monoisotopic (exact) mass is 542 g/mol. The molecule has 0 saturated heterocycles. The summed E-state index contributed by atoms with van der Waals surface area (Å²) in [4.78, 5) is 36.7. The van der Waals surface area contributed by atoms with Gasteiger partial charge in [0.2, 0.25) is 5.91 Å². The minimum atomic E-state index is -0.369. The van der Waals surface area contributed by atoms with Crippen LogP contribution in [0.2, 0.25) is 5.02 Å². The van der Waals surface area contributed by atoms with E-state index in [9.17, 15) is 9.59 Å². The molecular formula is C26H23ClN10O2. The van der Waals surface area contributed by atoms with E-state index in [-0.39, 0.29) is 23.9 Å². The van der Waals surface area contributed by atoms with Crippen LogP contribution >= 0.6 is 11.6 Å². The molecule has 5 aromatic rings. The molecule has 1 aromatic carbocycles. The van der Waals surface area contributed by atoms with Gasteiger partial charge in [-0.05, 0) is 65.2 Å². The number of nitrogens with one attached hydrogen (secondary N) is 2. The van der Waals surface area contributed by atoms with Gasteiger partial charge < -0.3 is 20.6 Å².